The van der Waals surface area contributed by atoms with Crippen molar-refractivity contribution in [2.45, 2.75) is 6.92 Å². The number of carbonyl (C=O) groups is 1. The van der Waals surface area contributed by atoms with Crippen molar-refractivity contribution in [2.24, 2.45) is 7.05 Å². The lowest BCUT2D eigenvalue weighted by atomic mass is 10.1. The molecule has 0 saturated carbocycles. The molecular formula is C18H16N2O2S. The fraction of sp³-hybridized carbons (Fsp3) is 0.111. The fourth-order valence-corrected chi connectivity index (χ4v) is 3.26. The first kappa shape index (κ1) is 15.2. The lowest BCUT2D eigenvalue weighted by Crippen LogP contribution is -2.19. The Morgan fingerprint density at radius 2 is 2.00 bits per heavy atom. The van der Waals surface area contributed by atoms with Gasteiger partial charge in [0.2, 0.25) is 5.56 Å². The molecule has 0 radical (unpaired) electrons. The van der Waals surface area contributed by atoms with E-state index in [0.717, 1.165) is 11.3 Å². The smallest absolute Gasteiger partial charge is 0.257 e. The SMILES string of the molecule is Cc1ccsc1-c1cccc(NC(=O)c2ccc(=O)n(C)c2)c1. The molecule has 0 saturated heterocycles. The standard InChI is InChI=1S/C18H16N2O2S/c1-12-8-9-23-17(12)13-4-3-5-15(10-13)19-18(22)14-6-7-16(21)20(2)11-14/h3-11H,1-2H3,(H,19,22). The topological polar surface area (TPSA) is 51.1 Å². The monoisotopic (exact) mass is 324 g/mol. The molecule has 23 heavy (non-hydrogen) atoms. The van der Waals surface area contributed by atoms with Gasteiger partial charge < -0.3 is 9.88 Å². The van der Waals surface area contributed by atoms with Gasteiger partial charge in [-0.15, -0.1) is 11.3 Å². The minimum atomic E-state index is -0.236. The van der Waals surface area contributed by atoms with Gasteiger partial charge in [0.1, 0.15) is 0 Å². The summed E-state index contributed by atoms with van der Waals surface area (Å²) in [5.41, 5.74) is 3.34. The number of benzene rings is 1. The zero-order valence-electron chi connectivity index (χ0n) is 12.9. The Kier molecular flexibility index (Phi) is 4.12. The molecule has 2 heterocycles. The van der Waals surface area contributed by atoms with Crippen LogP contribution in [0.25, 0.3) is 10.4 Å². The maximum Gasteiger partial charge on any atom is 0.257 e. The van der Waals surface area contributed by atoms with E-state index in [1.807, 2.05) is 24.3 Å². The number of carbonyl (C=O) groups excluding carboxylic acids is 1. The number of amides is 1. The summed E-state index contributed by atoms with van der Waals surface area (Å²) in [6, 6.07) is 12.8. The van der Waals surface area contributed by atoms with Crippen LogP contribution in [-0.2, 0) is 7.05 Å². The first-order valence-electron chi connectivity index (χ1n) is 7.17. The molecule has 3 rings (SSSR count). The van der Waals surface area contributed by atoms with Gasteiger partial charge in [-0.05, 0) is 47.7 Å². The Labute approximate surface area is 138 Å². The molecule has 0 bridgehead atoms. The van der Waals surface area contributed by atoms with Gasteiger partial charge in [0.05, 0.1) is 5.56 Å². The Balaban J connectivity index is 1.85. The number of pyridine rings is 1. The summed E-state index contributed by atoms with van der Waals surface area (Å²) in [6.45, 7) is 2.07. The van der Waals surface area contributed by atoms with E-state index in [9.17, 15) is 9.59 Å². The van der Waals surface area contributed by atoms with E-state index >= 15 is 0 Å². The van der Waals surface area contributed by atoms with Crippen LogP contribution >= 0.6 is 11.3 Å². The number of aryl methyl sites for hydroxylation is 2. The van der Waals surface area contributed by atoms with Crippen LogP contribution in [0.4, 0.5) is 5.69 Å². The zero-order chi connectivity index (χ0) is 16.4. The van der Waals surface area contributed by atoms with Crippen molar-refractivity contribution in [2.75, 3.05) is 5.32 Å². The highest BCUT2D eigenvalue weighted by Crippen LogP contribution is 2.30. The molecule has 1 amide bonds. The van der Waals surface area contributed by atoms with Crippen LogP contribution in [-0.4, -0.2) is 10.5 Å². The highest BCUT2D eigenvalue weighted by atomic mass is 32.1. The quantitative estimate of drug-likeness (QED) is 0.799. The average Bonchev–Trinajstić information content (AvgIpc) is 2.96. The van der Waals surface area contributed by atoms with Gasteiger partial charge in [0.15, 0.2) is 0 Å². The van der Waals surface area contributed by atoms with Crippen LogP contribution in [0.3, 0.4) is 0 Å². The van der Waals surface area contributed by atoms with Gasteiger partial charge in [0, 0.05) is 29.9 Å². The summed E-state index contributed by atoms with van der Waals surface area (Å²) in [7, 11) is 1.62. The molecular weight excluding hydrogens is 308 g/mol. The van der Waals surface area contributed by atoms with Crippen molar-refractivity contribution in [1.82, 2.24) is 4.57 Å². The Hall–Kier alpha value is -2.66. The second kappa shape index (κ2) is 6.22. The van der Waals surface area contributed by atoms with E-state index in [-0.39, 0.29) is 11.5 Å². The van der Waals surface area contributed by atoms with Crippen LogP contribution in [0.15, 0.2) is 58.8 Å². The van der Waals surface area contributed by atoms with E-state index in [1.165, 1.54) is 33.3 Å². The van der Waals surface area contributed by atoms with Crippen LogP contribution in [0.1, 0.15) is 15.9 Å². The van der Waals surface area contributed by atoms with Crippen molar-refractivity contribution in [1.29, 1.82) is 0 Å². The van der Waals surface area contributed by atoms with Gasteiger partial charge in [-0.3, -0.25) is 9.59 Å². The molecule has 0 atom stereocenters. The van der Waals surface area contributed by atoms with Gasteiger partial charge in [-0.2, -0.15) is 0 Å². The Bertz CT molecular complexity index is 925. The van der Waals surface area contributed by atoms with Crippen LogP contribution < -0.4 is 10.9 Å². The normalized spacial score (nSPS) is 10.5. The number of thiophene rings is 1. The largest absolute Gasteiger partial charge is 0.322 e. The molecule has 0 fully saturated rings. The number of aromatic nitrogens is 1. The Morgan fingerprint density at radius 3 is 2.70 bits per heavy atom. The van der Waals surface area contributed by atoms with Crippen molar-refractivity contribution < 1.29 is 4.79 Å². The highest BCUT2D eigenvalue weighted by molar-refractivity contribution is 7.13. The van der Waals surface area contributed by atoms with Gasteiger partial charge in [-0.1, -0.05) is 12.1 Å². The molecule has 5 heteroatoms. The highest BCUT2D eigenvalue weighted by Gasteiger charge is 2.09. The molecule has 1 aromatic carbocycles. The van der Waals surface area contributed by atoms with Crippen molar-refractivity contribution >= 4 is 22.9 Å². The van der Waals surface area contributed by atoms with E-state index in [0.29, 0.717) is 5.56 Å². The Morgan fingerprint density at radius 1 is 1.17 bits per heavy atom. The van der Waals surface area contributed by atoms with Crippen molar-refractivity contribution in [3.63, 3.8) is 0 Å². The lowest BCUT2D eigenvalue weighted by Gasteiger charge is -2.08. The van der Waals surface area contributed by atoms with Gasteiger partial charge in [0.25, 0.3) is 5.91 Å². The van der Waals surface area contributed by atoms with Crippen LogP contribution in [0.2, 0.25) is 0 Å². The molecule has 0 unspecified atom stereocenters. The summed E-state index contributed by atoms with van der Waals surface area (Å²) < 4.78 is 1.39. The van der Waals surface area contributed by atoms with Gasteiger partial charge in [-0.25, -0.2) is 0 Å². The number of nitrogens with one attached hydrogen (secondary N) is 1. The average molecular weight is 324 g/mol. The van der Waals surface area contributed by atoms with E-state index < -0.39 is 0 Å². The first-order chi connectivity index (χ1) is 11.0. The van der Waals surface area contributed by atoms with Gasteiger partial charge >= 0.3 is 0 Å². The summed E-state index contributed by atoms with van der Waals surface area (Å²) in [6.07, 6.45) is 1.53. The molecule has 0 aliphatic rings. The molecule has 0 aliphatic heterocycles. The van der Waals surface area contributed by atoms with Crippen molar-refractivity contribution in [3.05, 3.63) is 75.5 Å². The fourth-order valence-electron chi connectivity index (χ4n) is 2.34. The van der Waals surface area contributed by atoms with Crippen LogP contribution in [0, 0.1) is 6.92 Å². The molecule has 2 aromatic heterocycles. The molecule has 116 valence electrons. The summed E-state index contributed by atoms with van der Waals surface area (Å²) in [5, 5.41) is 4.93. The second-order valence-electron chi connectivity index (χ2n) is 5.33. The van der Waals surface area contributed by atoms with E-state index in [4.69, 9.17) is 0 Å². The number of rotatable bonds is 3. The first-order valence-corrected chi connectivity index (χ1v) is 8.05. The van der Waals surface area contributed by atoms with Crippen LogP contribution in [0.5, 0.6) is 0 Å². The number of hydrogen-bond acceptors (Lipinski definition) is 3. The predicted octanol–water partition coefficient (Wildman–Crippen LogP) is 3.67. The minimum Gasteiger partial charge on any atom is -0.322 e. The molecule has 0 aliphatic carbocycles. The number of hydrogen-bond donors (Lipinski definition) is 1. The number of nitrogens with zero attached hydrogens (tertiary/aromatic N) is 1. The minimum absolute atomic E-state index is 0.142. The third-order valence-corrected chi connectivity index (χ3v) is 4.66. The zero-order valence-corrected chi connectivity index (χ0v) is 13.7. The molecule has 0 spiro atoms. The lowest BCUT2D eigenvalue weighted by molar-refractivity contribution is 0.102. The number of anilines is 1. The van der Waals surface area contributed by atoms with Crippen molar-refractivity contribution in [3.8, 4) is 10.4 Å². The molecule has 3 aromatic rings. The second-order valence-corrected chi connectivity index (χ2v) is 6.25. The summed E-state index contributed by atoms with van der Waals surface area (Å²) in [5.74, 6) is -0.236. The third kappa shape index (κ3) is 3.24. The summed E-state index contributed by atoms with van der Waals surface area (Å²) in [4.78, 5) is 24.9. The third-order valence-electron chi connectivity index (χ3n) is 3.59. The predicted molar refractivity (Wildman–Crippen MR) is 94.1 cm³/mol. The van der Waals surface area contributed by atoms with E-state index in [2.05, 4.69) is 23.7 Å². The summed E-state index contributed by atoms with van der Waals surface area (Å²) >= 11 is 1.68. The maximum absolute atomic E-state index is 12.3. The van der Waals surface area contributed by atoms with E-state index in [1.54, 1.807) is 18.4 Å². The molecule has 1 N–H and O–H groups in total. The molecule has 4 nitrogen and oxygen atoms in total. The maximum atomic E-state index is 12.3.